The number of rotatable bonds is 2. The molecule has 0 saturated heterocycles. The summed E-state index contributed by atoms with van der Waals surface area (Å²) in [5, 5.41) is 9.77. The van der Waals surface area contributed by atoms with Crippen molar-refractivity contribution < 1.29 is 9.90 Å². The summed E-state index contributed by atoms with van der Waals surface area (Å²) in [5.74, 6) is 1.86. The van der Waals surface area contributed by atoms with E-state index in [1.165, 1.54) is 36.1 Å². The van der Waals surface area contributed by atoms with Gasteiger partial charge in [0.25, 0.3) is 0 Å². The fourth-order valence-electron chi connectivity index (χ4n) is 6.83. The van der Waals surface area contributed by atoms with Crippen molar-refractivity contribution in [2.75, 3.05) is 11.4 Å². The van der Waals surface area contributed by atoms with Gasteiger partial charge in [0, 0.05) is 30.1 Å². The number of anilines is 1. The molecule has 1 N–H and O–H groups in total. The van der Waals surface area contributed by atoms with Crippen molar-refractivity contribution in [1.29, 1.82) is 0 Å². The highest BCUT2D eigenvalue weighted by Gasteiger charge is 2.49. The highest BCUT2D eigenvalue weighted by atomic mass is 16.4. The van der Waals surface area contributed by atoms with Gasteiger partial charge in [0.2, 0.25) is 0 Å². The fraction of sp³-hybridized carbons (Fsp3) is 0.480. The largest absolute Gasteiger partial charge is 0.478 e. The second kappa shape index (κ2) is 6.10. The lowest BCUT2D eigenvalue weighted by atomic mass is 9.67. The Morgan fingerprint density at radius 2 is 1.68 bits per heavy atom. The lowest BCUT2D eigenvalue weighted by Crippen LogP contribution is -2.54. The number of hydrogen-bond donors (Lipinski definition) is 1. The number of aromatic carboxylic acids is 1. The zero-order valence-corrected chi connectivity index (χ0v) is 16.1. The Kier molecular flexibility index (Phi) is 3.63. The van der Waals surface area contributed by atoms with E-state index in [9.17, 15) is 9.90 Å². The van der Waals surface area contributed by atoms with E-state index < -0.39 is 5.97 Å². The quantitative estimate of drug-likeness (QED) is 0.719. The molecule has 2 aliphatic heterocycles. The molecule has 0 bridgehead atoms. The lowest BCUT2D eigenvalue weighted by molar-refractivity contribution is 0.0696. The smallest absolute Gasteiger partial charge is 0.335 e. The normalized spacial score (nSPS) is 36.9. The van der Waals surface area contributed by atoms with E-state index in [-0.39, 0.29) is 0 Å². The predicted molar refractivity (Wildman–Crippen MR) is 111 cm³/mol. The number of carbonyl (C=O) groups is 1. The van der Waals surface area contributed by atoms with Crippen LogP contribution in [0.25, 0.3) is 0 Å². The minimum absolute atomic E-state index is 0.377. The van der Waals surface area contributed by atoms with Gasteiger partial charge in [0.05, 0.1) is 5.56 Å². The van der Waals surface area contributed by atoms with E-state index in [1.807, 2.05) is 12.1 Å². The van der Waals surface area contributed by atoms with Crippen LogP contribution in [0.2, 0.25) is 0 Å². The van der Waals surface area contributed by atoms with Crippen molar-refractivity contribution in [1.82, 2.24) is 0 Å². The number of benzene rings is 1. The maximum Gasteiger partial charge on any atom is 0.335 e. The molecule has 6 atom stereocenters. The van der Waals surface area contributed by atoms with Crippen molar-refractivity contribution in [3.63, 3.8) is 0 Å². The average Bonchev–Trinajstić information content (AvgIpc) is 3.38. The van der Waals surface area contributed by atoms with Gasteiger partial charge in [-0.2, -0.15) is 0 Å². The Bertz CT molecular complexity index is 909. The first-order valence-corrected chi connectivity index (χ1v) is 10.9. The topological polar surface area (TPSA) is 40.5 Å². The minimum Gasteiger partial charge on any atom is -0.478 e. The van der Waals surface area contributed by atoms with Crippen LogP contribution in [0.3, 0.4) is 0 Å². The molecule has 3 aliphatic carbocycles. The predicted octanol–water partition coefficient (Wildman–Crippen LogP) is 5.26. The highest BCUT2D eigenvalue weighted by molar-refractivity contribution is 5.90. The molecule has 0 amide bonds. The molecule has 1 aromatic rings. The third-order valence-corrected chi connectivity index (χ3v) is 7.95. The maximum atomic E-state index is 11.9. The Balaban J connectivity index is 1.56. The van der Waals surface area contributed by atoms with Crippen LogP contribution in [0, 0.1) is 17.8 Å². The zero-order chi connectivity index (χ0) is 18.8. The van der Waals surface area contributed by atoms with Gasteiger partial charge in [-0.3, -0.25) is 0 Å². The number of carboxylic acids is 1. The van der Waals surface area contributed by atoms with Gasteiger partial charge in [0.1, 0.15) is 0 Å². The Hall–Kier alpha value is -2.29. The van der Waals surface area contributed by atoms with Crippen molar-refractivity contribution >= 4 is 11.7 Å². The molecule has 0 fully saturated rings. The fourth-order valence-corrected chi connectivity index (χ4v) is 6.83. The zero-order valence-electron chi connectivity index (χ0n) is 16.1. The van der Waals surface area contributed by atoms with Crippen LogP contribution in [-0.4, -0.2) is 23.7 Å². The molecule has 1 aromatic carbocycles. The standard InChI is InChI=1S/C25H27NO2/c27-25(28)17-12-21-18-9-4-8-16(18)14-26-23(15-6-2-1-3-7-15)20-11-5-10-19(20)22(13-17)24(21)26/h1-2,4-5,9-10,12-13,15-16,18-20,23H,3,6-8,11,14H2,(H,27,28)/t15-,16-,18-,19-,20+,23+/m1/s1. The van der Waals surface area contributed by atoms with Gasteiger partial charge in [-0.15, -0.1) is 0 Å². The van der Waals surface area contributed by atoms with E-state index in [0.717, 1.165) is 19.4 Å². The average molecular weight is 373 g/mol. The summed E-state index contributed by atoms with van der Waals surface area (Å²) in [7, 11) is 0. The summed E-state index contributed by atoms with van der Waals surface area (Å²) in [4.78, 5) is 14.6. The second-order valence-corrected chi connectivity index (χ2v) is 9.30. The molecule has 0 unspecified atom stereocenters. The molecular formula is C25H27NO2. The monoisotopic (exact) mass is 373 g/mol. The molecular weight excluding hydrogens is 346 g/mol. The molecule has 0 radical (unpaired) electrons. The van der Waals surface area contributed by atoms with Crippen molar-refractivity contribution in [2.45, 2.75) is 50.0 Å². The minimum atomic E-state index is -0.798. The van der Waals surface area contributed by atoms with Gasteiger partial charge in [0.15, 0.2) is 0 Å². The molecule has 144 valence electrons. The molecule has 5 aliphatic rings. The van der Waals surface area contributed by atoms with Gasteiger partial charge >= 0.3 is 5.97 Å². The maximum absolute atomic E-state index is 11.9. The highest BCUT2D eigenvalue weighted by Crippen LogP contribution is 2.57. The summed E-state index contributed by atoms with van der Waals surface area (Å²) in [6.45, 7) is 1.12. The molecule has 3 heteroatoms. The van der Waals surface area contributed by atoms with Crippen LogP contribution in [0.15, 0.2) is 48.6 Å². The molecule has 6 rings (SSSR count). The molecule has 0 saturated carbocycles. The summed E-state index contributed by atoms with van der Waals surface area (Å²) in [6.07, 6.45) is 20.0. The van der Waals surface area contributed by atoms with E-state index in [4.69, 9.17) is 0 Å². The first kappa shape index (κ1) is 16.6. The van der Waals surface area contributed by atoms with E-state index in [1.54, 1.807) is 0 Å². The van der Waals surface area contributed by atoms with Crippen molar-refractivity contribution in [2.24, 2.45) is 17.8 Å². The Morgan fingerprint density at radius 3 is 2.46 bits per heavy atom. The second-order valence-electron chi connectivity index (χ2n) is 9.30. The number of hydrogen-bond acceptors (Lipinski definition) is 2. The lowest BCUT2D eigenvalue weighted by Gasteiger charge is -2.53. The number of fused-ring (bicyclic) bond motifs is 4. The van der Waals surface area contributed by atoms with Crippen LogP contribution in [0.4, 0.5) is 5.69 Å². The Labute approximate surface area is 166 Å². The van der Waals surface area contributed by atoms with E-state index in [2.05, 4.69) is 41.4 Å². The van der Waals surface area contributed by atoms with Crippen LogP contribution in [-0.2, 0) is 0 Å². The molecule has 2 heterocycles. The number of allylic oxidation sites excluding steroid dienone is 6. The van der Waals surface area contributed by atoms with E-state index in [0.29, 0.717) is 41.2 Å². The summed E-state index contributed by atoms with van der Waals surface area (Å²) < 4.78 is 0. The summed E-state index contributed by atoms with van der Waals surface area (Å²) in [5.41, 5.74) is 4.39. The SMILES string of the molecule is O=C(O)c1cc2c3c(c1)[C@@H]1C=CC[C@@H]1[C@H]([C@@H]1CC=CCC1)N3C[C@H]1CC=C[C@@H]21. The molecule has 28 heavy (non-hydrogen) atoms. The first-order chi connectivity index (χ1) is 13.7. The van der Waals surface area contributed by atoms with Crippen LogP contribution >= 0.6 is 0 Å². The molecule has 0 aromatic heterocycles. The van der Waals surface area contributed by atoms with Crippen molar-refractivity contribution in [3.05, 3.63) is 65.3 Å². The van der Waals surface area contributed by atoms with Crippen molar-refractivity contribution in [3.8, 4) is 0 Å². The van der Waals surface area contributed by atoms with Gasteiger partial charge in [-0.25, -0.2) is 4.79 Å². The third kappa shape index (κ3) is 2.25. The van der Waals surface area contributed by atoms with Gasteiger partial charge in [-0.1, -0.05) is 36.5 Å². The summed E-state index contributed by atoms with van der Waals surface area (Å²) >= 11 is 0. The van der Waals surface area contributed by atoms with Crippen LogP contribution in [0.5, 0.6) is 0 Å². The van der Waals surface area contributed by atoms with Crippen LogP contribution in [0.1, 0.15) is 65.4 Å². The number of nitrogens with zero attached hydrogens (tertiary/aromatic N) is 1. The third-order valence-electron chi connectivity index (χ3n) is 7.95. The molecule has 3 nitrogen and oxygen atoms in total. The van der Waals surface area contributed by atoms with E-state index >= 15 is 0 Å². The summed E-state index contributed by atoms with van der Waals surface area (Å²) in [6, 6.07) is 4.54. The number of carboxylic acid groups (broad SMARTS) is 1. The van der Waals surface area contributed by atoms with Gasteiger partial charge < -0.3 is 10.0 Å². The first-order valence-electron chi connectivity index (χ1n) is 10.9. The molecule has 0 spiro atoms. The van der Waals surface area contributed by atoms with Crippen LogP contribution < -0.4 is 4.90 Å². The Morgan fingerprint density at radius 1 is 0.929 bits per heavy atom. The van der Waals surface area contributed by atoms with Gasteiger partial charge in [-0.05, 0) is 73.1 Å².